The molecule has 1 N–H and O–H groups in total. The molecule has 0 bridgehead atoms. The van der Waals surface area contributed by atoms with Gasteiger partial charge in [0, 0.05) is 37.0 Å². The summed E-state index contributed by atoms with van der Waals surface area (Å²) in [7, 11) is 1.83. The highest BCUT2D eigenvalue weighted by molar-refractivity contribution is 5.48. The molecular weight excluding hydrogens is 255 g/mol. The van der Waals surface area contributed by atoms with Crippen molar-refractivity contribution in [3.8, 4) is 0 Å². The smallest absolute Gasteiger partial charge is 0.352 e. The molecule has 0 aromatic carbocycles. The second kappa shape index (κ2) is 5.61. The number of alkyl halides is 3. The van der Waals surface area contributed by atoms with Crippen LogP contribution in [0.3, 0.4) is 0 Å². The Hall–Kier alpha value is -1.56. The summed E-state index contributed by atoms with van der Waals surface area (Å²) in [5.74, 6) is 0.759. The number of aromatic nitrogens is 1. The Morgan fingerprint density at radius 3 is 2.79 bits per heavy atom. The third-order valence-corrected chi connectivity index (χ3v) is 3.11. The Balaban J connectivity index is 2.16. The van der Waals surface area contributed by atoms with E-state index < -0.39 is 11.7 Å². The molecule has 0 saturated carbocycles. The molecule has 2 heterocycles. The van der Waals surface area contributed by atoms with Gasteiger partial charge in [-0.2, -0.15) is 13.2 Å². The maximum Gasteiger partial charge on any atom is 0.412 e. The molecule has 0 saturated heterocycles. The highest BCUT2D eigenvalue weighted by atomic mass is 19.4. The summed E-state index contributed by atoms with van der Waals surface area (Å²) in [6.45, 7) is 1.25. The monoisotopic (exact) mass is 271 g/mol. The van der Waals surface area contributed by atoms with Gasteiger partial charge in [0.25, 0.3) is 0 Å². The summed E-state index contributed by atoms with van der Waals surface area (Å²) in [6, 6.07) is 3.76. The SMILES string of the molecule is CNCc1cccnc1N1CC=C(C(F)(F)F)CC1. The maximum atomic E-state index is 12.6. The summed E-state index contributed by atoms with van der Waals surface area (Å²) in [6.07, 6.45) is -1.28. The second-order valence-electron chi connectivity index (χ2n) is 4.44. The van der Waals surface area contributed by atoms with Gasteiger partial charge in [0.1, 0.15) is 5.82 Å². The lowest BCUT2D eigenvalue weighted by Gasteiger charge is -2.29. The molecule has 1 aliphatic rings. The summed E-state index contributed by atoms with van der Waals surface area (Å²) >= 11 is 0. The van der Waals surface area contributed by atoms with Crippen LogP contribution in [0, 0.1) is 0 Å². The topological polar surface area (TPSA) is 28.2 Å². The largest absolute Gasteiger partial charge is 0.412 e. The van der Waals surface area contributed by atoms with E-state index in [1.54, 1.807) is 6.20 Å². The highest BCUT2D eigenvalue weighted by Gasteiger charge is 2.35. The minimum absolute atomic E-state index is 0.0130. The van der Waals surface area contributed by atoms with Crippen LogP contribution in [0.1, 0.15) is 12.0 Å². The van der Waals surface area contributed by atoms with Gasteiger partial charge in [-0.15, -0.1) is 0 Å². The number of nitrogens with one attached hydrogen (secondary N) is 1. The molecule has 1 aromatic rings. The van der Waals surface area contributed by atoms with Crippen molar-refractivity contribution in [2.75, 3.05) is 25.0 Å². The first-order valence-corrected chi connectivity index (χ1v) is 6.12. The van der Waals surface area contributed by atoms with E-state index >= 15 is 0 Å². The zero-order valence-electron chi connectivity index (χ0n) is 10.7. The van der Waals surface area contributed by atoms with Crippen molar-refractivity contribution in [1.29, 1.82) is 0 Å². The van der Waals surface area contributed by atoms with Crippen LogP contribution in [-0.2, 0) is 6.54 Å². The first-order valence-electron chi connectivity index (χ1n) is 6.12. The fourth-order valence-corrected chi connectivity index (χ4v) is 2.16. The van der Waals surface area contributed by atoms with Gasteiger partial charge in [0.15, 0.2) is 0 Å². The minimum Gasteiger partial charge on any atom is -0.352 e. The third-order valence-electron chi connectivity index (χ3n) is 3.11. The van der Waals surface area contributed by atoms with Crippen molar-refractivity contribution in [2.45, 2.75) is 19.1 Å². The van der Waals surface area contributed by atoms with E-state index in [0.717, 1.165) is 11.4 Å². The molecule has 0 aliphatic carbocycles. The molecule has 0 amide bonds. The van der Waals surface area contributed by atoms with Crippen molar-refractivity contribution in [3.05, 3.63) is 35.5 Å². The fraction of sp³-hybridized carbons (Fsp3) is 0.462. The number of hydrogen-bond acceptors (Lipinski definition) is 3. The van der Waals surface area contributed by atoms with Crippen LogP contribution in [0.15, 0.2) is 30.0 Å². The van der Waals surface area contributed by atoms with Crippen LogP contribution < -0.4 is 10.2 Å². The van der Waals surface area contributed by atoms with Crippen molar-refractivity contribution >= 4 is 5.82 Å². The van der Waals surface area contributed by atoms with Gasteiger partial charge in [0.2, 0.25) is 0 Å². The van der Waals surface area contributed by atoms with Crippen LogP contribution in [0.2, 0.25) is 0 Å². The second-order valence-corrected chi connectivity index (χ2v) is 4.44. The van der Waals surface area contributed by atoms with Crippen molar-refractivity contribution in [3.63, 3.8) is 0 Å². The molecule has 6 heteroatoms. The first kappa shape index (κ1) is 13.9. The lowest BCUT2D eigenvalue weighted by molar-refractivity contribution is -0.0944. The predicted molar refractivity (Wildman–Crippen MR) is 68.0 cm³/mol. The number of pyridine rings is 1. The standard InChI is InChI=1S/C13H16F3N3/c1-17-9-10-3-2-6-18-12(10)19-7-4-11(5-8-19)13(14,15)16/h2-4,6,17H,5,7-9H2,1H3. The Morgan fingerprint density at radius 1 is 1.42 bits per heavy atom. The van der Waals surface area contributed by atoms with Crippen LogP contribution >= 0.6 is 0 Å². The lowest BCUT2D eigenvalue weighted by Crippen LogP contribution is -2.33. The fourth-order valence-electron chi connectivity index (χ4n) is 2.16. The van der Waals surface area contributed by atoms with Gasteiger partial charge in [-0.1, -0.05) is 12.1 Å². The van der Waals surface area contributed by atoms with E-state index in [0.29, 0.717) is 13.1 Å². The minimum atomic E-state index is -4.20. The average molecular weight is 271 g/mol. The van der Waals surface area contributed by atoms with Gasteiger partial charge < -0.3 is 10.2 Å². The number of rotatable bonds is 3. The Labute approximate surface area is 110 Å². The van der Waals surface area contributed by atoms with Crippen molar-refractivity contribution in [2.24, 2.45) is 0 Å². The van der Waals surface area contributed by atoms with Gasteiger partial charge in [-0.3, -0.25) is 0 Å². The normalized spacial score (nSPS) is 16.4. The average Bonchev–Trinajstić information content (AvgIpc) is 2.39. The van der Waals surface area contributed by atoms with E-state index in [-0.39, 0.29) is 13.0 Å². The number of hydrogen-bond donors (Lipinski definition) is 1. The molecule has 0 radical (unpaired) electrons. The molecule has 0 spiro atoms. The van der Waals surface area contributed by atoms with Gasteiger partial charge in [0.05, 0.1) is 0 Å². The molecule has 104 valence electrons. The number of nitrogens with zero attached hydrogens (tertiary/aromatic N) is 2. The Bertz CT molecular complexity index is 468. The number of halogens is 3. The molecule has 3 nitrogen and oxygen atoms in total. The molecule has 19 heavy (non-hydrogen) atoms. The van der Waals surface area contributed by atoms with E-state index in [1.165, 1.54) is 6.08 Å². The van der Waals surface area contributed by atoms with Crippen LogP contribution in [-0.4, -0.2) is 31.3 Å². The molecular formula is C13H16F3N3. The van der Waals surface area contributed by atoms with E-state index in [1.807, 2.05) is 24.1 Å². The third kappa shape index (κ3) is 3.26. The quantitative estimate of drug-likeness (QED) is 0.856. The van der Waals surface area contributed by atoms with Gasteiger partial charge in [-0.25, -0.2) is 4.98 Å². The van der Waals surface area contributed by atoms with E-state index in [2.05, 4.69) is 10.3 Å². The summed E-state index contributed by atoms with van der Waals surface area (Å²) < 4.78 is 37.7. The summed E-state index contributed by atoms with van der Waals surface area (Å²) in [4.78, 5) is 6.16. The predicted octanol–water partition coefficient (Wildman–Crippen LogP) is 2.50. The Morgan fingerprint density at radius 2 is 2.21 bits per heavy atom. The number of anilines is 1. The van der Waals surface area contributed by atoms with Gasteiger partial charge in [-0.05, 0) is 19.5 Å². The summed E-state index contributed by atoms with van der Waals surface area (Å²) in [5, 5.41) is 3.03. The van der Waals surface area contributed by atoms with E-state index in [9.17, 15) is 13.2 Å². The lowest BCUT2D eigenvalue weighted by atomic mass is 10.1. The molecule has 1 aromatic heterocycles. The zero-order valence-corrected chi connectivity index (χ0v) is 10.7. The molecule has 1 aliphatic heterocycles. The van der Waals surface area contributed by atoms with Crippen LogP contribution in [0.4, 0.5) is 19.0 Å². The van der Waals surface area contributed by atoms with Crippen molar-refractivity contribution in [1.82, 2.24) is 10.3 Å². The van der Waals surface area contributed by atoms with Gasteiger partial charge >= 0.3 is 6.18 Å². The van der Waals surface area contributed by atoms with Crippen LogP contribution in [0.25, 0.3) is 0 Å². The molecule has 0 unspecified atom stereocenters. The first-order chi connectivity index (χ1) is 9.02. The Kier molecular flexibility index (Phi) is 4.09. The molecule has 2 rings (SSSR count). The van der Waals surface area contributed by atoms with Crippen molar-refractivity contribution < 1.29 is 13.2 Å². The molecule has 0 atom stereocenters. The zero-order chi connectivity index (χ0) is 13.9. The summed E-state index contributed by atoms with van der Waals surface area (Å²) in [5.41, 5.74) is 0.559. The molecule has 0 fully saturated rings. The maximum absolute atomic E-state index is 12.6. The highest BCUT2D eigenvalue weighted by Crippen LogP contribution is 2.31. The van der Waals surface area contributed by atoms with Crippen LogP contribution in [0.5, 0.6) is 0 Å². The van der Waals surface area contributed by atoms with E-state index in [4.69, 9.17) is 0 Å².